The fraction of sp³-hybridized carbons (Fsp3) is 0.650. The Labute approximate surface area is 176 Å². The van der Waals surface area contributed by atoms with Crippen LogP contribution in [0, 0.1) is 0 Å². The predicted molar refractivity (Wildman–Crippen MR) is 120 cm³/mol. The van der Waals surface area contributed by atoms with Crippen molar-refractivity contribution in [3.63, 3.8) is 0 Å². The number of aliphatic imine (C=N–C) groups is 1. The second-order valence-corrected chi connectivity index (χ2v) is 6.38. The summed E-state index contributed by atoms with van der Waals surface area (Å²) in [4.78, 5) is 7.33. The molecule has 2 atom stereocenters. The summed E-state index contributed by atoms with van der Waals surface area (Å²) in [6.07, 6.45) is 2.62. The zero-order chi connectivity index (χ0) is 17.9. The normalized spacial score (nSPS) is 18.5. The van der Waals surface area contributed by atoms with E-state index in [4.69, 9.17) is 9.73 Å². The molecule has 2 unspecified atom stereocenters. The van der Waals surface area contributed by atoms with Gasteiger partial charge in [0.15, 0.2) is 5.96 Å². The molecule has 0 bridgehead atoms. The van der Waals surface area contributed by atoms with Crippen molar-refractivity contribution in [1.29, 1.82) is 0 Å². The molecule has 0 saturated carbocycles. The highest BCUT2D eigenvalue weighted by Gasteiger charge is 2.18. The average molecular weight is 474 g/mol. The minimum atomic E-state index is 0. The number of likely N-dealkylation sites (N-methyl/N-ethyl adjacent to an activating group) is 1. The van der Waals surface area contributed by atoms with Gasteiger partial charge in [-0.1, -0.05) is 44.2 Å². The highest BCUT2D eigenvalue weighted by Crippen LogP contribution is 2.20. The number of guanidine groups is 1. The molecule has 0 spiro atoms. The van der Waals surface area contributed by atoms with E-state index >= 15 is 0 Å². The van der Waals surface area contributed by atoms with Crippen LogP contribution in [0.15, 0.2) is 35.3 Å². The van der Waals surface area contributed by atoms with Crippen LogP contribution >= 0.6 is 24.0 Å². The Morgan fingerprint density at radius 3 is 2.50 bits per heavy atom. The number of hydrogen-bond donors (Lipinski definition) is 2. The van der Waals surface area contributed by atoms with E-state index in [0.29, 0.717) is 12.1 Å². The summed E-state index contributed by atoms with van der Waals surface area (Å²) in [7, 11) is 0. The maximum absolute atomic E-state index is 5.70. The minimum absolute atomic E-state index is 0. The molecule has 1 aliphatic heterocycles. The van der Waals surface area contributed by atoms with Crippen LogP contribution in [-0.4, -0.2) is 56.3 Å². The van der Waals surface area contributed by atoms with Crippen LogP contribution < -0.4 is 10.6 Å². The molecule has 0 radical (unpaired) electrons. The van der Waals surface area contributed by atoms with Gasteiger partial charge in [0.25, 0.3) is 0 Å². The molecule has 0 amide bonds. The summed E-state index contributed by atoms with van der Waals surface area (Å²) < 4.78 is 5.70. The molecule has 2 rings (SSSR count). The minimum Gasteiger partial charge on any atom is -0.376 e. The van der Waals surface area contributed by atoms with Crippen LogP contribution in [-0.2, 0) is 4.74 Å². The number of halogens is 1. The molecule has 1 aromatic rings. The van der Waals surface area contributed by atoms with Gasteiger partial charge in [0.1, 0.15) is 0 Å². The average Bonchev–Trinajstić information content (AvgIpc) is 3.17. The number of benzene rings is 1. The Hall–Kier alpha value is -0.860. The van der Waals surface area contributed by atoms with Gasteiger partial charge in [-0.2, -0.15) is 0 Å². The molecule has 5 nitrogen and oxygen atoms in total. The fourth-order valence-electron chi connectivity index (χ4n) is 3.31. The van der Waals surface area contributed by atoms with E-state index in [0.717, 1.165) is 58.1 Å². The second-order valence-electron chi connectivity index (χ2n) is 6.38. The van der Waals surface area contributed by atoms with E-state index in [1.807, 2.05) is 0 Å². The first kappa shape index (κ1) is 23.2. The van der Waals surface area contributed by atoms with E-state index in [1.165, 1.54) is 5.56 Å². The van der Waals surface area contributed by atoms with E-state index in [1.54, 1.807) is 0 Å². The van der Waals surface area contributed by atoms with Gasteiger partial charge in [-0.05, 0) is 38.4 Å². The number of rotatable bonds is 9. The molecule has 1 fully saturated rings. The van der Waals surface area contributed by atoms with Crippen molar-refractivity contribution in [2.24, 2.45) is 4.99 Å². The molecule has 0 aliphatic carbocycles. The van der Waals surface area contributed by atoms with Crippen LogP contribution in [0.25, 0.3) is 0 Å². The van der Waals surface area contributed by atoms with Gasteiger partial charge in [0.2, 0.25) is 0 Å². The van der Waals surface area contributed by atoms with Gasteiger partial charge >= 0.3 is 0 Å². The molecular formula is C20H35IN4O. The second kappa shape index (κ2) is 13.3. The molecule has 6 heteroatoms. The SMILES string of the molecule is CCNC(=NCC(c1ccccc1)N(CC)CC)NCC1CCCO1.I. The predicted octanol–water partition coefficient (Wildman–Crippen LogP) is 3.42. The molecule has 148 valence electrons. The summed E-state index contributed by atoms with van der Waals surface area (Å²) in [5.41, 5.74) is 1.32. The number of ether oxygens (including phenoxy) is 1. The molecule has 1 aliphatic rings. The zero-order valence-electron chi connectivity index (χ0n) is 16.4. The van der Waals surface area contributed by atoms with E-state index < -0.39 is 0 Å². The first-order valence-electron chi connectivity index (χ1n) is 9.71. The molecule has 1 aromatic carbocycles. The lowest BCUT2D eigenvalue weighted by Gasteiger charge is -2.29. The Morgan fingerprint density at radius 2 is 1.92 bits per heavy atom. The Bertz CT molecular complexity index is 502. The highest BCUT2D eigenvalue weighted by molar-refractivity contribution is 14.0. The maximum atomic E-state index is 5.70. The van der Waals surface area contributed by atoms with Gasteiger partial charge in [0.05, 0.1) is 18.7 Å². The lowest BCUT2D eigenvalue weighted by atomic mass is 10.1. The first-order valence-corrected chi connectivity index (χ1v) is 9.71. The van der Waals surface area contributed by atoms with E-state index in [9.17, 15) is 0 Å². The zero-order valence-corrected chi connectivity index (χ0v) is 18.7. The summed E-state index contributed by atoms with van der Waals surface area (Å²) >= 11 is 0. The van der Waals surface area contributed by atoms with Crippen molar-refractivity contribution in [3.8, 4) is 0 Å². The first-order chi connectivity index (χ1) is 12.3. The molecule has 26 heavy (non-hydrogen) atoms. The van der Waals surface area contributed by atoms with Gasteiger partial charge < -0.3 is 15.4 Å². The van der Waals surface area contributed by atoms with Crippen LogP contribution in [0.4, 0.5) is 0 Å². The van der Waals surface area contributed by atoms with Crippen molar-refractivity contribution in [3.05, 3.63) is 35.9 Å². The van der Waals surface area contributed by atoms with Crippen molar-refractivity contribution in [1.82, 2.24) is 15.5 Å². The standard InChI is InChI=1S/C20H34N4O.HI/c1-4-21-20(22-15-18-13-10-14-25-18)23-16-19(24(5-2)6-3)17-11-8-7-9-12-17;/h7-9,11-12,18-19H,4-6,10,13-16H2,1-3H3,(H2,21,22,23);1H. The van der Waals surface area contributed by atoms with Crippen molar-refractivity contribution in [2.45, 2.75) is 45.8 Å². The molecule has 1 heterocycles. The lowest BCUT2D eigenvalue weighted by Crippen LogP contribution is -2.41. The Kier molecular flexibility index (Phi) is 11.9. The quantitative estimate of drug-likeness (QED) is 0.327. The van der Waals surface area contributed by atoms with Gasteiger partial charge in [-0.3, -0.25) is 9.89 Å². The third-order valence-corrected chi connectivity index (χ3v) is 4.73. The Balaban J connectivity index is 0.00000338. The van der Waals surface area contributed by atoms with Crippen LogP contribution in [0.2, 0.25) is 0 Å². The fourth-order valence-corrected chi connectivity index (χ4v) is 3.31. The van der Waals surface area contributed by atoms with Gasteiger partial charge in [0, 0.05) is 19.7 Å². The van der Waals surface area contributed by atoms with Crippen molar-refractivity contribution >= 4 is 29.9 Å². The highest BCUT2D eigenvalue weighted by atomic mass is 127. The van der Waals surface area contributed by atoms with E-state index in [2.05, 4.69) is 66.6 Å². The van der Waals surface area contributed by atoms with E-state index in [-0.39, 0.29) is 24.0 Å². The summed E-state index contributed by atoms with van der Waals surface area (Å²) in [5.74, 6) is 0.881. The summed E-state index contributed by atoms with van der Waals surface area (Å²) in [6.45, 7) is 11.9. The van der Waals surface area contributed by atoms with Crippen LogP contribution in [0.5, 0.6) is 0 Å². The summed E-state index contributed by atoms with van der Waals surface area (Å²) in [6, 6.07) is 11.0. The molecular weight excluding hydrogens is 439 g/mol. The summed E-state index contributed by atoms with van der Waals surface area (Å²) in [5, 5.41) is 6.79. The third kappa shape index (κ3) is 7.40. The molecule has 1 saturated heterocycles. The van der Waals surface area contributed by atoms with Gasteiger partial charge in [-0.15, -0.1) is 24.0 Å². The number of hydrogen-bond acceptors (Lipinski definition) is 3. The number of nitrogens with zero attached hydrogens (tertiary/aromatic N) is 2. The van der Waals surface area contributed by atoms with Crippen molar-refractivity contribution < 1.29 is 4.74 Å². The Morgan fingerprint density at radius 1 is 1.19 bits per heavy atom. The monoisotopic (exact) mass is 474 g/mol. The molecule has 2 N–H and O–H groups in total. The topological polar surface area (TPSA) is 48.9 Å². The van der Waals surface area contributed by atoms with Crippen LogP contribution in [0.1, 0.15) is 45.2 Å². The lowest BCUT2D eigenvalue weighted by molar-refractivity contribution is 0.113. The molecule has 0 aromatic heterocycles. The van der Waals surface area contributed by atoms with Gasteiger partial charge in [-0.25, -0.2) is 0 Å². The number of nitrogens with one attached hydrogen (secondary N) is 2. The smallest absolute Gasteiger partial charge is 0.191 e. The third-order valence-electron chi connectivity index (χ3n) is 4.73. The largest absolute Gasteiger partial charge is 0.376 e. The maximum Gasteiger partial charge on any atom is 0.191 e. The van der Waals surface area contributed by atoms with Crippen molar-refractivity contribution in [2.75, 3.05) is 39.3 Å². The van der Waals surface area contributed by atoms with Crippen LogP contribution in [0.3, 0.4) is 0 Å².